The molecule has 1 rings (SSSR count). The molecular weight excluding hydrogens is 268 g/mol. The maximum absolute atomic E-state index is 11.8. The van der Waals surface area contributed by atoms with Gasteiger partial charge in [-0.1, -0.05) is 26.2 Å². The van der Waals surface area contributed by atoms with Gasteiger partial charge in [0.25, 0.3) is 0 Å². The summed E-state index contributed by atoms with van der Waals surface area (Å²) in [5.74, 6) is 0.707. The van der Waals surface area contributed by atoms with Gasteiger partial charge in [0.05, 0.1) is 0 Å². The van der Waals surface area contributed by atoms with E-state index >= 15 is 0 Å². The first-order valence-corrected chi connectivity index (χ1v) is 8.06. The molecule has 0 radical (unpaired) electrons. The van der Waals surface area contributed by atoms with E-state index in [1.807, 2.05) is 13.8 Å². The Morgan fingerprint density at radius 3 is 2.62 bits per heavy atom. The highest BCUT2D eigenvalue weighted by Gasteiger charge is 2.22. The molecule has 1 aliphatic rings. The number of urea groups is 1. The SMILES string of the molecule is CC1CCCC(CCNC(=O)NC(C)(C)CCC(=O)O)C1. The molecule has 3 N–H and O–H groups in total. The largest absolute Gasteiger partial charge is 0.481 e. The Labute approximate surface area is 127 Å². The van der Waals surface area contributed by atoms with E-state index in [1.54, 1.807) is 0 Å². The van der Waals surface area contributed by atoms with Gasteiger partial charge in [0.15, 0.2) is 0 Å². The van der Waals surface area contributed by atoms with Gasteiger partial charge in [-0.3, -0.25) is 4.79 Å². The molecule has 2 amide bonds. The van der Waals surface area contributed by atoms with Crippen LogP contribution >= 0.6 is 0 Å². The van der Waals surface area contributed by atoms with Crippen LogP contribution in [0, 0.1) is 11.8 Å². The molecule has 0 aromatic heterocycles. The zero-order chi connectivity index (χ0) is 15.9. The maximum atomic E-state index is 11.8. The van der Waals surface area contributed by atoms with Crippen LogP contribution in [0.1, 0.15) is 65.7 Å². The molecule has 0 aliphatic heterocycles. The smallest absolute Gasteiger partial charge is 0.315 e. The Balaban J connectivity index is 2.19. The van der Waals surface area contributed by atoms with Gasteiger partial charge in [-0.25, -0.2) is 4.79 Å². The van der Waals surface area contributed by atoms with Crippen LogP contribution in [0.4, 0.5) is 4.79 Å². The average Bonchev–Trinajstić information content (AvgIpc) is 2.36. The van der Waals surface area contributed by atoms with E-state index in [0.29, 0.717) is 13.0 Å². The number of aliphatic carboxylic acids is 1. The Morgan fingerprint density at radius 1 is 1.29 bits per heavy atom. The number of rotatable bonds is 7. The van der Waals surface area contributed by atoms with Crippen molar-refractivity contribution in [1.29, 1.82) is 0 Å². The van der Waals surface area contributed by atoms with E-state index in [0.717, 1.165) is 18.3 Å². The zero-order valence-electron chi connectivity index (χ0n) is 13.6. The normalized spacial score (nSPS) is 22.6. The summed E-state index contributed by atoms with van der Waals surface area (Å²) in [5.41, 5.74) is -0.498. The van der Waals surface area contributed by atoms with Crippen molar-refractivity contribution < 1.29 is 14.7 Å². The van der Waals surface area contributed by atoms with Gasteiger partial charge in [0.1, 0.15) is 0 Å². The monoisotopic (exact) mass is 298 g/mol. The van der Waals surface area contributed by atoms with E-state index in [4.69, 9.17) is 5.11 Å². The number of carboxylic acids is 1. The van der Waals surface area contributed by atoms with Crippen molar-refractivity contribution in [3.05, 3.63) is 0 Å². The predicted octanol–water partition coefficient (Wildman–Crippen LogP) is 3.15. The van der Waals surface area contributed by atoms with Gasteiger partial charge in [-0.2, -0.15) is 0 Å². The van der Waals surface area contributed by atoms with Crippen molar-refractivity contribution in [3.8, 4) is 0 Å². The van der Waals surface area contributed by atoms with Crippen LogP contribution in [-0.4, -0.2) is 29.2 Å². The minimum absolute atomic E-state index is 0.0627. The summed E-state index contributed by atoms with van der Waals surface area (Å²) in [7, 11) is 0. The lowest BCUT2D eigenvalue weighted by molar-refractivity contribution is -0.137. The van der Waals surface area contributed by atoms with Crippen molar-refractivity contribution in [2.24, 2.45) is 11.8 Å². The summed E-state index contributed by atoms with van der Waals surface area (Å²) in [5, 5.41) is 14.4. The van der Waals surface area contributed by atoms with Crippen LogP contribution < -0.4 is 10.6 Å². The van der Waals surface area contributed by atoms with Gasteiger partial charge < -0.3 is 15.7 Å². The summed E-state index contributed by atoms with van der Waals surface area (Å²) < 4.78 is 0. The molecule has 5 nitrogen and oxygen atoms in total. The lowest BCUT2D eigenvalue weighted by Crippen LogP contribution is -2.48. The van der Waals surface area contributed by atoms with Crippen LogP contribution in [0.3, 0.4) is 0 Å². The Bertz CT molecular complexity index is 355. The lowest BCUT2D eigenvalue weighted by atomic mass is 9.81. The second kappa shape index (κ2) is 8.25. The van der Waals surface area contributed by atoms with Gasteiger partial charge in [-0.05, 0) is 44.9 Å². The van der Waals surface area contributed by atoms with Crippen LogP contribution in [0.15, 0.2) is 0 Å². The van der Waals surface area contributed by atoms with Gasteiger partial charge >= 0.3 is 12.0 Å². The van der Waals surface area contributed by atoms with Crippen molar-refractivity contribution in [2.45, 2.75) is 71.3 Å². The molecule has 122 valence electrons. The van der Waals surface area contributed by atoms with E-state index in [2.05, 4.69) is 17.6 Å². The fraction of sp³-hybridized carbons (Fsp3) is 0.875. The van der Waals surface area contributed by atoms with Gasteiger partial charge in [-0.15, -0.1) is 0 Å². The van der Waals surface area contributed by atoms with Crippen LogP contribution in [0.5, 0.6) is 0 Å². The molecule has 0 aromatic rings. The number of nitrogens with one attached hydrogen (secondary N) is 2. The maximum Gasteiger partial charge on any atom is 0.315 e. The number of amides is 2. The van der Waals surface area contributed by atoms with Gasteiger partial charge in [0.2, 0.25) is 0 Å². The predicted molar refractivity (Wildman–Crippen MR) is 83.2 cm³/mol. The van der Waals surface area contributed by atoms with Gasteiger partial charge in [0, 0.05) is 18.5 Å². The molecule has 0 saturated heterocycles. The minimum Gasteiger partial charge on any atom is -0.481 e. The third-order valence-electron chi connectivity index (χ3n) is 4.30. The second-order valence-electron chi connectivity index (χ2n) is 7.09. The second-order valence-corrected chi connectivity index (χ2v) is 7.09. The fourth-order valence-corrected chi connectivity index (χ4v) is 3.05. The highest BCUT2D eigenvalue weighted by molar-refractivity contribution is 5.74. The lowest BCUT2D eigenvalue weighted by Gasteiger charge is -2.28. The zero-order valence-corrected chi connectivity index (χ0v) is 13.6. The first-order valence-electron chi connectivity index (χ1n) is 8.06. The molecule has 1 fully saturated rings. The molecule has 1 aliphatic carbocycles. The van der Waals surface area contributed by atoms with E-state index < -0.39 is 11.5 Å². The summed E-state index contributed by atoms with van der Waals surface area (Å²) >= 11 is 0. The number of hydrogen-bond donors (Lipinski definition) is 3. The highest BCUT2D eigenvalue weighted by Crippen LogP contribution is 2.30. The molecule has 2 unspecified atom stereocenters. The third kappa shape index (κ3) is 7.93. The number of carboxylic acid groups (broad SMARTS) is 1. The molecule has 5 heteroatoms. The van der Waals surface area contributed by atoms with Crippen molar-refractivity contribution in [1.82, 2.24) is 10.6 Å². The average molecular weight is 298 g/mol. The number of carbonyl (C=O) groups is 2. The summed E-state index contributed by atoms with van der Waals surface area (Å²) in [6, 6.07) is -0.200. The number of hydrogen-bond acceptors (Lipinski definition) is 2. The summed E-state index contributed by atoms with van der Waals surface area (Å²) in [6.07, 6.45) is 6.71. The third-order valence-corrected chi connectivity index (χ3v) is 4.30. The van der Waals surface area contributed by atoms with Crippen molar-refractivity contribution in [3.63, 3.8) is 0 Å². The molecule has 0 bridgehead atoms. The highest BCUT2D eigenvalue weighted by atomic mass is 16.4. The first kappa shape index (κ1) is 17.8. The molecule has 1 saturated carbocycles. The minimum atomic E-state index is -0.836. The standard InChI is InChI=1S/C16H30N2O3/c1-12-5-4-6-13(11-12)8-10-17-15(21)18-16(2,3)9-7-14(19)20/h12-13H,4-11H2,1-3H3,(H,19,20)(H2,17,18,21). The molecule has 0 spiro atoms. The van der Waals surface area contributed by atoms with Crippen molar-refractivity contribution in [2.75, 3.05) is 6.54 Å². The van der Waals surface area contributed by atoms with Crippen molar-refractivity contribution >= 4 is 12.0 Å². The molecule has 2 atom stereocenters. The molecule has 21 heavy (non-hydrogen) atoms. The van der Waals surface area contributed by atoms with Crippen LogP contribution in [0.25, 0.3) is 0 Å². The summed E-state index contributed by atoms with van der Waals surface area (Å²) in [6.45, 7) is 6.69. The van der Waals surface area contributed by atoms with Crippen LogP contribution in [0.2, 0.25) is 0 Å². The Hall–Kier alpha value is -1.26. The van der Waals surface area contributed by atoms with E-state index in [1.165, 1.54) is 25.7 Å². The first-order chi connectivity index (χ1) is 9.78. The molecular formula is C16H30N2O3. The Kier molecular flexibility index (Phi) is 6.99. The topological polar surface area (TPSA) is 78.4 Å². The van der Waals surface area contributed by atoms with E-state index in [-0.39, 0.29) is 12.5 Å². The number of carbonyl (C=O) groups excluding carboxylic acids is 1. The summed E-state index contributed by atoms with van der Waals surface area (Å²) in [4.78, 5) is 22.4. The van der Waals surface area contributed by atoms with Crippen LogP contribution in [-0.2, 0) is 4.79 Å². The molecule has 0 heterocycles. The Morgan fingerprint density at radius 2 is 2.00 bits per heavy atom. The van der Waals surface area contributed by atoms with E-state index in [9.17, 15) is 9.59 Å². The fourth-order valence-electron chi connectivity index (χ4n) is 3.05. The molecule has 0 aromatic carbocycles. The quantitative estimate of drug-likeness (QED) is 0.675.